The lowest BCUT2D eigenvalue weighted by Gasteiger charge is -2.11. The van der Waals surface area contributed by atoms with Crippen LogP contribution in [0.4, 0.5) is 0 Å². The first-order valence-electron chi connectivity index (χ1n) is 9.45. The van der Waals surface area contributed by atoms with Crippen LogP contribution < -0.4 is 9.47 Å². The summed E-state index contributed by atoms with van der Waals surface area (Å²) >= 11 is 6.21. The number of ether oxygens (including phenoxy) is 2. The molecular formula is C25H21ClO3. The van der Waals surface area contributed by atoms with Crippen LogP contribution in [0.25, 0.3) is 6.08 Å². The van der Waals surface area contributed by atoms with Crippen LogP contribution in [0.1, 0.15) is 38.2 Å². The molecule has 4 rings (SSSR count). The third-order valence-corrected chi connectivity index (χ3v) is 5.38. The number of aryl methyl sites for hydroxylation is 3. The number of hydrogen-bond donors (Lipinski definition) is 0. The molecule has 0 radical (unpaired) electrons. The van der Waals surface area contributed by atoms with E-state index in [9.17, 15) is 4.79 Å². The highest BCUT2D eigenvalue weighted by atomic mass is 35.5. The van der Waals surface area contributed by atoms with Gasteiger partial charge in [-0.3, -0.25) is 4.79 Å². The van der Waals surface area contributed by atoms with Gasteiger partial charge in [0.25, 0.3) is 0 Å². The number of fused-ring (bicyclic) bond motifs is 1. The fraction of sp³-hybridized carbons (Fsp3) is 0.160. The Kier molecular flexibility index (Phi) is 5.16. The number of halogens is 1. The van der Waals surface area contributed by atoms with Gasteiger partial charge in [0.15, 0.2) is 5.76 Å². The third kappa shape index (κ3) is 3.92. The van der Waals surface area contributed by atoms with Crippen molar-refractivity contribution in [2.45, 2.75) is 27.4 Å². The summed E-state index contributed by atoms with van der Waals surface area (Å²) in [5.74, 6) is 1.32. The van der Waals surface area contributed by atoms with Gasteiger partial charge in [-0.2, -0.15) is 0 Å². The molecule has 0 aromatic heterocycles. The molecule has 0 atom stereocenters. The smallest absolute Gasteiger partial charge is 0.232 e. The zero-order valence-corrected chi connectivity index (χ0v) is 17.3. The topological polar surface area (TPSA) is 35.5 Å². The normalized spacial score (nSPS) is 14.1. The Morgan fingerprint density at radius 2 is 1.79 bits per heavy atom. The van der Waals surface area contributed by atoms with E-state index in [-0.39, 0.29) is 11.5 Å². The molecule has 0 spiro atoms. The summed E-state index contributed by atoms with van der Waals surface area (Å²) in [6.45, 7) is 6.49. The van der Waals surface area contributed by atoms with E-state index in [0.29, 0.717) is 28.7 Å². The minimum atomic E-state index is -0.140. The molecule has 0 unspecified atom stereocenters. The first kappa shape index (κ1) is 19.3. The van der Waals surface area contributed by atoms with E-state index >= 15 is 0 Å². The molecule has 1 aliphatic heterocycles. The molecule has 3 aromatic rings. The molecule has 29 heavy (non-hydrogen) atoms. The summed E-state index contributed by atoms with van der Waals surface area (Å²) in [5, 5.41) is 0.571. The standard InChI is InChI=1S/C25H21ClO3/c1-15-8-9-16(2)19(10-15)14-28-20-11-17(3)24-22(13-20)29-23(25(24)27)12-18-6-4-5-7-21(18)26/h4-13H,14H2,1-3H3/b23-12-. The molecule has 0 amide bonds. The van der Waals surface area contributed by atoms with Crippen LogP contribution in [0.3, 0.4) is 0 Å². The molecule has 146 valence electrons. The van der Waals surface area contributed by atoms with Crippen molar-refractivity contribution >= 4 is 23.5 Å². The van der Waals surface area contributed by atoms with Crippen molar-refractivity contribution in [1.82, 2.24) is 0 Å². The van der Waals surface area contributed by atoms with Gasteiger partial charge in [-0.05, 0) is 61.2 Å². The Morgan fingerprint density at radius 3 is 2.59 bits per heavy atom. The van der Waals surface area contributed by atoms with Gasteiger partial charge in [-0.1, -0.05) is 53.6 Å². The summed E-state index contributed by atoms with van der Waals surface area (Å²) in [6, 6.07) is 17.3. The minimum Gasteiger partial charge on any atom is -0.489 e. The predicted molar refractivity (Wildman–Crippen MR) is 116 cm³/mol. The summed E-state index contributed by atoms with van der Waals surface area (Å²) in [6.07, 6.45) is 1.68. The van der Waals surface area contributed by atoms with Crippen LogP contribution in [0.15, 0.2) is 60.4 Å². The van der Waals surface area contributed by atoms with Gasteiger partial charge < -0.3 is 9.47 Å². The highest BCUT2D eigenvalue weighted by molar-refractivity contribution is 6.32. The van der Waals surface area contributed by atoms with Crippen molar-refractivity contribution in [3.8, 4) is 11.5 Å². The summed E-state index contributed by atoms with van der Waals surface area (Å²) in [7, 11) is 0. The second kappa shape index (κ2) is 7.76. The molecule has 0 N–H and O–H groups in total. The zero-order chi connectivity index (χ0) is 20.5. The Balaban J connectivity index is 1.59. The molecule has 0 aliphatic carbocycles. The van der Waals surface area contributed by atoms with E-state index in [1.165, 1.54) is 11.1 Å². The van der Waals surface area contributed by atoms with Crippen molar-refractivity contribution in [3.63, 3.8) is 0 Å². The van der Waals surface area contributed by atoms with Gasteiger partial charge in [-0.25, -0.2) is 0 Å². The maximum atomic E-state index is 12.8. The van der Waals surface area contributed by atoms with Gasteiger partial charge >= 0.3 is 0 Å². The molecular weight excluding hydrogens is 384 g/mol. The molecule has 0 fully saturated rings. The Bertz CT molecular complexity index is 1140. The molecule has 0 saturated carbocycles. The molecule has 1 heterocycles. The first-order valence-corrected chi connectivity index (χ1v) is 9.82. The van der Waals surface area contributed by atoms with Crippen molar-refractivity contribution < 1.29 is 14.3 Å². The van der Waals surface area contributed by atoms with Crippen LogP contribution in [-0.2, 0) is 6.61 Å². The third-order valence-electron chi connectivity index (χ3n) is 5.03. The quantitative estimate of drug-likeness (QED) is 0.468. The lowest BCUT2D eigenvalue weighted by atomic mass is 10.0. The van der Waals surface area contributed by atoms with Crippen molar-refractivity contribution in [2.75, 3.05) is 0 Å². The number of Topliss-reactive ketones (excluding diaryl/α,β-unsaturated/α-hetero) is 1. The van der Waals surface area contributed by atoms with Gasteiger partial charge in [0.2, 0.25) is 5.78 Å². The van der Waals surface area contributed by atoms with E-state index in [1.54, 1.807) is 18.2 Å². The lowest BCUT2D eigenvalue weighted by Crippen LogP contribution is -2.01. The fourth-order valence-electron chi connectivity index (χ4n) is 3.41. The molecule has 4 heteroatoms. The largest absolute Gasteiger partial charge is 0.489 e. The van der Waals surface area contributed by atoms with Gasteiger partial charge in [0, 0.05) is 11.1 Å². The van der Waals surface area contributed by atoms with Gasteiger partial charge in [0.1, 0.15) is 18.1 Å². The number of carbonyl (C=O) groups is 1. The number of ketones is 1. The number of allylic oxidation sites excluding steroid dienone is 1. The average Bonchev–Trinajstić information content (AvgIpc) is 3.00. The van der Waals surface area contributed by atoms with E-state index in [1.807, 2.05) is 31.2 Å². The number of benzene rings is 3. The minimum absolute atomic E-state index is 0.140. The van der Waals surface area contributed by atoms with Crippen LogP contribution >= 0.6 is 11.6 Å². The van der Waals surface area contributed by atoms with Gasteiger partial charge in [0.05, 0.1) is 5.56 Å². The maximum Gasteiger partial charge on any atom is 0.232 e. The Hall–Kier alpha value is -3.04. The average molecular weight is 405 g/mol. The van der Waals surface area contributed by atoms with Crippen LogP contribution in [0.2, 0.25) is 5.02 Å². The van der Waals surface area contributed by atoms with Crippen LogP contribution in [-0.4, -0.2) is 5.78 Å². The van der Waals surface area contributed by atoms with E-state index in [4.69, 9.17) is 21.1 Å². The molecule has 1 aliphatic rings. The number of hydrogen-bond acceptors (Lipinski definition) is 3. The van der Waals surface area contributed by atoms with E-state index in [0.717, 1.165) is 16.7 Å². The molecule has 0 saturated heterocycles. The fourth-order valence-corrected chi connectivity index (χ4v) is 3.60. The monoisotopic (exact) mass is 404 g/mol. The molecule has 3 nitrogen and oxygen atoms in total. The van der Waals surface area contributed by atoms with Gasteiger partial charge in [-0.15, -0.1) is 0 Å². The summed E-state index contributed by atoms with van der Waals surface area (Å²) < 4.78 is 11.9. The highest BCUT2D eigenvalue weighted by Gasteiger charge is 2.30. The van der Waals surface area contributed by atoms with E-state index in [2.05, 4.69) is 32.0 Å². The maximum absolute atomic E-state index is 12.8. The van der Waals surface area contributed by atoms with Crippen molar-refractivity contribution in [1.29, 1.82) is 0 Å². The molecule has 0 bridgehead atoms. The Morgan fingerprint density at radius 1 is 1.00 bits per heavy atom. The van der Waals surface area contributed by atoms with Crippen molar-refractivity contribution in [3.05, 3.63) is 98.8 Å². The zero-order valence-electron chi connectivity index (χ0n) is 16.6. The van der Waals surface area contributed by atoms with Crippen molar-refractivity contribution in [2.24, 2.45) is 0 Å². The number of rotatable bonds is 4. The number of carbonyl (C=O) groups excluding carboxylic acids is 1. The Labute approximate surface area is 175 Å². The lowest BCUT2D eigenvalue weighted by molar-refractivity contribution is 0.101. The second-order valence-electron chi connectivity index (χ2n) is 7.29. The SMILES string of the molecule is Cc1ccc(C)c(COc2cc(C)c3c(c2)O/C(=C\c2ccccc2Cl)C3=O)c1. The highest BCUT2D eigenvalue weighted by Crippen LogP contribution is 2.38. The van der Waals surface area contributed by atoms with Crippen LogP contribution in [0, 0.1) is 20.8 Å². The first-order chi connectivity index (χ1) is 13.9. The second-order valence-corrected chi connectivity index (χ2v) is 7.70. The summed E-state index contributed by atoms with van der Waals surface area (Å²) in [4.78, 5) is 12.8. The molecule has 3 aromatic carbocycles. The van der Waals surface area contributed by atoms with E-state index < -0.39 is 0 Å². The van der Waals surface area contributed by atoms with Crippen LogP contribution in [0.5, 0.6) is 11.5 Å². The predicted octanol–water partition coefficient (Wildman–Crippen LogP) is 6.46. The summed E-state index contributed by atoms with van der Waals surface area (Å²) in [5.41, 5.74) is 5.66.